The number of rotatable bonds is 5. The molecule has 0 fully saturated rings. The van der Waals surface area contributed by atoms with Crippen LogP contribution in [0.4, 0.5) is 0 Å². The Balaban J connectivity index is 1.03. The van der Waals surface area contributed by atoms with Gasteiger partial charge in [0.25, 0.3) is 0 Å². The molecule has 0 saturated heterocycles. The first-order valence-electron chi connectivity index (χ1n) is 18.5. The molecule has 0 radical (unpaired) electrons. The predicted octanol–water partition coefficient (Wildman–Crippen LogP) is 12.3. The summed E-state index contributed by atoms with van der Waals surface area (Å²) in [5.41, 5.74) is 8.80. The average molecular weight is 705 g/mol. The molecule has 5 heteroatoms. The molecule has 1 aliphatic rings. The monoisotopic (exact) mass is 704 g/mol. The van der Waals surface area contributed by atoms with E-state index in [1.807, 2.05) is 24.4 Å². The molecular weight excluding hydrogens is 673 g/mol. The third-order valence-electron chi connectivity index (χ3n) is 10.8. The van der Waals surface area contributed by atoms with Crippen molar-refractivity contribution in [2.24, 2.45) is 9.98 Å². The van der Waals surface area contributed by atoms with Crippen LogP contribution in [0.15, 0.2) is 197 Å². The van der Waals surface area contributed by atoms with Crippen LogP contribution in [0.3, 0.4) is 0 Å². The summed E-state index contributed by atoms with van der Waals surface area (Å²) in [7, 11) is 0. The summed E-state index contributed by atoms with van der Waals surface area (Å²) in [6.07, 6.45) is 3.31. The maximum absolute atomic E-state index is 6.69. The molecule has 10 aromatic rings. The highest BCUT2D eigenvalue weighted by Gasteiger charge is 2.24. The van der Waals surface area contributed by atoms with Crippen LogP contribution in [0.1, 0.15) is 22.9 Å². The first kappa shape index (κ1) is 31.2. The summed E-state index contributed by atoms with van der Waals surface area (Å²) in [4.78, 5) is 15.1. The molecule has 5 nitrogen and oxygen atoms in total. The molecule has 1 unspecified atom stereocenters. The SMILES string of the molecule is c1ccc(C2N=C(c3cncc4oc5c(-c6ccc7ccc8ccccc8c7c6)cccc5c34)N=C(c3ccc(-c4ccc5ccccc5c4)cc3)N2)cc1. The number of nitrogens with zero attached hydrogens (tertiary/aromatic N) is 3. The summed E-state index contributed by atoms with van der Waals surface area (Å²) >= 11 is 0. The van der Waals surface area contributed by atoms with Crippen LogP contribution in [0, 0.1) is 0 Å². The fourth-order valence-corrected chi connectivity index (χ4v) is 8.03. The number of para-hydroxylation sites is 1. The van der Waals surface area contributed by atoms with Crippen LogP contribution in [0.25, 0.3) is 76.5 Å². The fourth-order valence-electron chi connectivity index (χ4n) is 8.03. The number of benzene rings is 8. The number of aliphatic imine (C=N–C) groups is 2. The number of hydrogen-bond acceptors (Lipinski definition) is 5. The molecule has 8 aromatic carbocycles. The maximum atomic E-state index is 6.69. The fraction of sp³-hybridized carbons (Fsp3) is 0.0200. The van der Waals surface area contributed by atoms with E-state index in [2.05, 4.69) is 162 Å². The first-order chi connectivity index (χ1) is 27.2. The standard InChI is InChI=1S/C50H32N4O/c1-2-11-35(12-3-1)48-52-49(36-23-17-32(18-24-36)38-25-19-31-9-4-5-13-37(31)27-38)54-50(53-48)44-29-51-30-45-46(44)42-16-8-15-41(47(42)55-45)39-26-22-34-21-20-33-10-6-7-14-40(33)43(34)28-39/h1-30,48H,(H,52,53,54). The van der Waals surface area contributed by atoms with E-state index in [1.54, 1.807) is 6.20 Å². The molecule has 1 aliphatic heterocycles. The number of hydrogen-bond donors (Lipinski definition) is 1. The van der Waals surface area contributed by atoms with Gasteiger partial charge < -0.3 is 9.73 Å². The van der Waals surface area contributed by atoms with Gasteiger partial charge in [0, 0.05) is 33.7 Å². The van der Waals surface area contributed by atoms with E-state index in [1.165, 1.54) is 37.9 Å². The Hall–Kier alpha value is -7.37. The number of amidine groups is 2. The smallest absolute Gasteiger partial charge is 0.161 e. The highest BCUT2D eigenvalue weighted by Crippen LogP contribution is 2.39. The van der Waals surface area contributed by atoms with Gasteiger partial charge in [-0.25, -0.2) is 9.98 Å². The zero-order chi connectivity index (χ0) is 36.3. The normalized spacial score (nSPS) is 14.4. The Morgan fingerprint density at radius 1 is 0.473 bits per heavy atom. The van der Waals surface area contributed by atoms with Crippen molar-refractivity contribution in [2.75, 3.05) is 0 Å². The van der Waals surface area contributed by atoms with Crippen LogP contribution in [0.5, 0.6) is 0 Å². The van der Waals surface area contributed by atoms with Crippen LogP contribution in [-0.2, 0) is 0 Å². The van der Waals surface area contributed by atoms with Gasteiger partial charge in [-0.05, 0) is 66.7 Å². The van der Waals surface area contributed by atoms with Gasteiger partial charge in [-0.1, -0.05) is 158 Å². The lowest BCUT2D eigenvalue weighted by molar-refractivity contribution is 0.667. The van der Waals surface area contributed by atoms with Crippen molar-refractivity contribution in [3.05, 3.63) is 199 Å². The molecule has 11 rings (SSSR count). The molecule has 1 N–H and O–H groups in total. The second-order valence-electron chi connectivity index (χ2n) is 14.1. The minimum atomic E-state index is -0.347. The van der Waals surface area contributed by atoms with E-state index >= 15 is 0 Å². The largest absolute Gasteiger partial charge is 0.454 e. The number of fused-ring (bicyclic) bond motifs is 7. The van der Waals surface area contributed by atoms with E-state index in [0.717, 1.165) is 55.6 Å². The summed E-state index contributed by atoms with van der Waals surface area (Å²) in [5.74, 6) is 1.35. The highest BCUT2D eigenvalue weighted by atomic mass is 16.3. The molecule has 0 aliphatic carbocycles. The summed E-state index contributed by atoms with van der Waals surface area (Å²) < 4.78 is 6.69. The Morgan fingerprint density at radius 3 is 2.02 bits per heavy atom. The lowest BCUT2D eigenvalue weighted by atomic mass is 9.96. The Morgan fingerprint density at radius 2 is 1.15 bits per heavy atom. The minimum absolute atomic E-state index is 0.347. The summed E-state index contributed by atoms with van der Waals surface area (Å²) in [6.45, 7) is 0. The van der Waals surface area contributed by atoms with E-state index in [4.69, 9.17) is 14.4 Å². The molecule has 258 valence electrons. The van der Waals surface area contributed by atoms with Crippen molar-refractivity contribution in [3.8, 4) is 22.3 Å². The van der Waals surface area contributed by atoms with Gasteiger partial charge in [0.2, 0.25) is 0 Å². The molecule has 2 aromatic heterocycles. The van der Waals surface area contributed by atoms with Crippen LogP contribution in [0.2, 0.25) is 0 Å². The van der Waals surface area contributed by atoms with Gasteiger partial charge in [0.1, 0.15) is 17.6 Å². The molecule has 3 heterocycles. The Bertz CT molecular complexity index is 3180. The predicted molar refractivity (Wildman–Crippen MR) is 227 cm³/mol. The van der Waals surface area contributed by atoms with Crippen molar-refractivity contribution < 1.29 is 4.42 Å². The van der Waals surface area contributed by atoms with Gasteiger partial charge in [-0.15, -0.1) is 0 Å². The number of nitrogens with one attached hydrogen (secondary N) is 1. The molecule has 0 spiro atoms. The lowest BCUT2D eigenvalue weighted by Gasteiger charge is -2.24. The maximum Gasteiger partial charge on any atom is 0.161 e. The van der Waals surface area contributed by atoms with E-state index in [9.17, 15) is 0 Å². The first-order valence-corrected chi connectivity index (χ1v) is 18.5. The third-order valence-corrected chi connectivity index (χ3v) is 10.8. The second kappa shape index (κ2) is 12.6. The van der Waals surface area contributed by atoms with E-state index < -0.39 is 0 Å². The molecule has 0 bridgehead atoms. The van der Waals surface area contributed by atoms with Crippen LogP contribution >= 0.6 is 0 Å². The summed E-state index contributed by atoms with van der Waals surface area (Å²) in [5, 5.41) is 12.9. The lowest BCUT2D eigenvalue weighted by Crippen LogP contribution is -2.33. The van der Waals surface area contributed by atoms with Crippen molar-refractivity contribution >= 4 is 65.9 Å². The van der Waals surface area contributed by atoms with E-state index in [-0.39, 0.29) is 6.17 Å². The van der Waals surface area contributed by atoms with Crippen LogP contribution in [-0.4, -0.2) is 16.7 Å². The molecule has 1 atom stereocenters. The zero-order valence-corrected chi connectivity index (χ0v) is 29.6. The van der Waals surface area contributed by atoms with Gasteiger partial charge in [-0.3, -0.25) is 4.98 Å². The van der Waals surface area contributed by atoms with Gasteiger partial charge >= 0.3 is 0 Å². The number of aromatic nitrogens is 1. The van der Waals surface area contributed by atoms with E-state index in [0.29, 0.717) is 11.4 Å². The minimum Gasteiger partial charge on any atom is -0.454 e. The molecular formula is C50H32N4O. The van der Waals surface area contributed by atoms with Crippen molar-refractivity contribution in [1.82, 2.24) is 10.3 Å². The average Bonchev–Trinajstić information content (AvgIpc) is 3.66. The Kier molecular flexibility index (Phi) is 7.17. The Labute approximate surface area is 317 Å². The van der Waals surface area contributed by atoms with Crippen LogP contribution < -0.4 is 5.32 Å². The highest BCUT2D eigenvalue weighted by molar-refractivity contribution is 6.23. The third kappa shape index (κ3) is 5.36. The summed E-state index contributed by atoms with van der Waals surface area (Å²) in [6, 6.07) is 59.9. The van der Waals surface area contributed by atoms with Gasteiger partial charge in [-0.2, -0.15) is 0 Å². The van der Waals surface area contributed by atoms with Crippen molar-refractivity contribution in [3.63, 3.8) is 0 Å². The van der Waals surface area contributed by atoms with Gasteiger partial charge in [0.15, 0.2) is 11.4 Å². The van der Waals surface area contributed by atoms with Crippen molar-refractivity contribution in [2.45, 2.75) is 6.17 Å². The van der Waals surface area contributed by atoms with Gasteiger partial charge in [0.05, 0.1) is 6.20 Å². The topological polar surface area (TPSA) is 62.8 Å². The quantitative estimate of drug-likeness (QED) is 0.181. The second-order valence-corrected chi connectivity index (χ2v) is 14.1. The molecule has 55 heavy (non-hydrogen) atoms. The molecule has 0 amide bonds. The molecule has 0 saturated carbocycles. The zero-order valence-electron chi connectivity index (χ0n) is 29.6. The van der Waals surface area contributed by atoms with Crippen molar-refractivity contribution in [1.29, 1.82) is 0 Å². The number of pyridine rings is 1. The number of furan rings is 1.